The third kappa shape index (κ3) is 5.07. The molecule has 3 aromatic rings. The summed E-state index contributed by atoms with van der Waals surface area (Å²) in [5.74, 6) is 1.13. The van der Waals surface area contributed by atoms with Crippen molar-refractivity contribution < 1.29 is 26.3 Å². The lowest BCUT2D eigenvalue weighted by Crippen LogP contribution is -2.20. The second-order valence-electron chi connectivity index (χ2n) is 6.27. The highest BCUT2D eigenvalue weighted by atomic mass is 32.3. The third-order valence-corrected chi connectivity index (χ3v) is 9.34. The van der Waals surface area contributed by atoms with E-state index in [2.05, 4.69) is 0 Å². The first-order valence-corrected chi connectivity index (χ1v) is 12.7. The third-order valence-electron chi connectivity index (χ3n) is 4.15. The van der Waals surface area contributed by atoms with Crippen molar-refractivity contribution in [2.75, 3.05) is 19.3 Å². The minimum absolute atomic E-state index is 0.505. The SMILES string of the molecule is COc1ccc(/C=C\S(=O)(=O)CS(=O)(=O)c2cc3ccc(OC)cc3sc2=O)cc1. The molecule has 0 N–H and O–H groups in total. The van der Waals surface area contributed by atoms with E-state index in [0.717, 1.165) is 16.7 Å². The minimum atomic E-state index is -4.36. The van der Waals surface area contributed by atoms with Crippen LogP contribution in [0.3, 0.4) is 0 Å². The van der Waals surface area contributed by atoms with Gasteiger partial charge in [-0.1, -0.05) is 23.5 Å². The van der Waals surface area contributed by atoms with Crippen LogP contribution in [0.1, 0.15) is 5.56 Å². The van der Waals surface area contributed by atoms with Gasteiger partial charge in [-0.2, -0.15) is 0 Å². The maximum absolute atomic E-state index is 12.7. The van der Waals surface area contributed by atoms with Crippen LogP contribution in [-0.4, -0.2) is 36.1 Å². The van der Waals surface area contributed by atoms with Crippen molar-refractivity contribution in [2.45, 2.75) is 4.90 Å². The van der Waals surface area contributed by atoms with E-state index < -0.39 is 34.4 Å². The molecule has 158 valence electrons. The Morgan fingerprint density at radius 3 is 2.17 bits per heavy atom. The molecule has 10 heteroatoms. The molecular weight excluding hydrogens is 448 g/mol. The molecule has 0 spiro atoms. The maximum Gasteiger partial charge on any atom is 0.251 e. The van der Waals surface area contributed by atoms with E-state index in [9.17, 15) is 21.6 Å². The molecule has 0 saturated carbocycles. The minimum Gasteiger partial charge on any atom is -0.497 e. The Balaban J connectivity index is 1.90. The van der Waals surface area contributed by atoms with Crippen molar-refractivity contribution in [1.29, 1.82) is 0 Å². The van der Waals surface area contributed by atoms with Gasteiger partial charge in [-0.25, -0.2) is 16.8 Å². The van der Waals surface area contributed by atoms with Crippen LogP contribution in [0.4, 0.5) is 0 Å². The molecule has 0 amide bonds. The van der Waals surface area contributed by atoms with Crippen molar-refractivity contribution in [3.8, 4) is 11.5 Å². The summed E-state index contributed by atoms with van der Waals surface area (Å²) in [6.45, 7) is 0. The number of fused-ring (bicyclic) bond motifs is 1. The largest absolute Gasteiger partial charge is 0.497 e. The topological polar surface area (TPSA) is 104 Å². The number of ether oxygens (including phenoxy) is 2. The summed E-state index contributed by atoms with van der Waals surface area (Å²) in [7, 11) is -5.51. The smallest absolute Gasteiger partial charge is 0.251 e. The van der Waals surface area contributed by atoms with E-state index in [1.807, 2.05) is 0 Å². The standard InChI is InChI=1S/C20H18O7S3/c1-26-16-6-3-14(4-7-16)9-10-29(22,23)13-30(24,25)19-11-15-5-8-17(27-2)12-18(15)28-20(19)21/h3-12H,13H2,1-2H3/b10-9-. The molecule has 0 saturated heterocycles. The second-order valence-corrected chi connectivity index (χ2v) is 11.5. The van der Waals surface area contributed by atoms with Crippen LogP contribution in [0.25, 0.3) is 16.2 Å². The molecule has 0 unspecified atom stereocenters. The fraction of sp³-hybridized carbons (Fsp3) is 0.150. The van der Waals surface area contributed by atoms with Crippen molar-refractivity contribution in [3.05, 3.63) is 69.0 Å². The zero-order valence-electron chi connectivity index (χ0n) is 16.1. The van der Waals surface area contributed by atoms with Gasteiger partial charge in [0.25, 0.3) is 4.74 Å². The predicted molar refractivity (Wildman–Crippen MR) is 118 cm³/mol. The van der Waals surface area contributed by atoms with E-state index in [0.29, 0.717) is 27.1 Å². The molecule has 0 aliphatic heterocycles. The van der Waals surface area contributed by atoms with Gasteiger partial charge in [-0.05, 0) is 53.4 Å². The Bertz CT molecular complexity index is 1370. The molecule has 2 aromatic carbocycles. The first-order chi connectivity index (χ1) is 14.1. The van der Waals surface area contributed by atoms with Gasteiger partial charge in [-0.3, -0.25) is 4.79 Å². The quantitative estimate of drug-likeness (QED) is 0.527. The highest BCUT2D eigenvalue weighted by Gasteiger charge is 2.26. The molecule has 7 nitrogen and oxygen atoms in total. The summed E-state index contributed by atoms with van der Waals surface area (Å²) in [6.07, 6.45) is 1.29. The molecule has 0 aliphatic rings. The molecule has 30 heavy (non-hydrogen) atoms. The first-order valence-electron chi connectivity index (χ1n) is 8.53. The summed E-state index contributed by atoms with van der Waals surface area (Å²) in [4.78, 5) is 11.8. The normalized spacial score (nSPS) is 12.3. The molecule has 0 bridgehead atoms. The zero-order chi connectivity index (χ0) is 21.9. The van der Waals surface area contributed by atoms with E-state index in [4.69, 9.17) is 9.47 Å². The van der Waals surface area contributed by atoms with E-state index in [1.54, 1.807) is 42.5 Å². The number of hydrogen-bond donors (Lipinski definition) is 0. The maximum atomic E-state index is 12.7. The van der Waals surface area contributed by atoms with Crippen molar-refractivity contribution in [1.82, 2.24) is 0 Å². The van der Waals surface area contributed by atoms with Crippen LogP contribution >= 0.6 is 11.3 Å². The lowest BCUT2D eigenvalue weighted by molar-refractivity contribution is 0.415. The summed E-state index contributed by atoms with van der Waals surface area (Å²) in [5, 5.41) is 0.132. The number of methoxy groups -OCH3 is 2. The second kappa shape index (κ2) is 8.58. The Morgan fingerprint density at radius 1 is 0.900 bits per heavy atom. The highest BCUT2D eigenvalue weighted by molar-refractivity contribution is 8.09. The Hall–Kier alpha value is -2.69. The number of benzene rings is 2. The Kier molecular flexibility index (Phi) is 6.30. The van der Waals surface area contributed by atoms with Crippen molar-refractivity contribution in [2.24, 2.45) is 0 Å². The van der Waals surface area contributed by atoms with Crippen molar-refractivity contribution in [3.63, 3.8) is 0 Å². The highest BCUT2D eigenvalue weighted by Crippen LogP contribution is 2.25. The van der Waals surface area contributed by atoms with Crippen LogP contribution in [-0.2, 0) is 19.7 Å². The van der Waals surface area contributed by atoms with Gasteiger partial charge < -0.3 is 9.47 Å². The molecule has 0 aliphatic carbocycles. The van der Waals surface area contributed by atoms with E-state index >= 15 is 0 Å². The molecule has 1 heterocycles. The van der Waals surface area contributed by atoms with Gasteiger partial charge >= 0.3 is 0 Å². The first kappa shape index (κ1) is 22.0. The summed E-state index contributed by atoms with van der Waals surface area (Å²) < 4.78 is 60.0. The average Bonchev–Trinajstić information content (AvgIpc) is 2.70. The molecule has 0 atom stereocenters. The van der Waals surface area contributed by atoms with E-state index in [-0.39, 0.29) is 0 Å². The summed E-state index contributed by atoms with van der Waals surface area (Å²) in [5.41, 5.74) is 0.558. The van der Waals surface area contributed by atoms with Gasteiger partial charge in [0.1, 0.15) is 16.4 Å². The van der Waals surface area contributed by atoms with Gasteiger partial charge in [0.2, 0.25) is 0 Å². The Labute approximate surface area is 178 Å². The van der Waals surface area contributed by atoms with Crippen LogP contribution in [0, 0.1) is 0 Å². The van der Waals surface area contributed by atoms with Gasteiger partial charge in [-0.15, -0.1) is 0 Å². The average molecular weight is 467 g/mol. The van der Waals surface area contributed by atoms with Gasteiger partial charge in [0.15, 0.2) is 24.8 Å². The molecule has 0 radical (unpaired) electrons. The monoisotopic (exact) mass is 466 g/mol. The number of hydrogen-bond acceptors (Lipinski definition) is 8. The lowest BCUT2D eigenvalue weighted by Gasteiger charge is -2.06. The number of rotatable bonds is 7. The zero-order valence-corrected chi connectivity index (χ0v) is 18.5. The van der Waals surface area contributed by atoms with Crippen LogP contribution in [0.5, 0.6) is 11.5 Å². The van der Waals surface area contributed by atoms with Crippen LogP contribution in [0.15, 0.2) is 63.6 Å². The summed E-state index contributed by atoms with van der Waals surface area (Å²) in [6, 6.07) is 12.6. The fourth-order valence-electron chi connectivity index (χ4n) is 2.63. The van der Waals surface area contributed by atoms with Crippen LogP contribution in [0.2, 0.25) is 0 Å². The fourth-order valence-corrected chi connectivity index (χ4v) is 7.39. The lowest BCUT2D eigenvalue weighted by atomic mass is 10.2. The Morgan fingerprint density at radius 2 is 1.53 bits per heavy atom. The predicted octanol–water partition coefficient (Wildman–Crippen LogP) is 3.10. The van der Waals surface area contributed by atoms with E-state index in [1.165, 1.54) is 26.4 Å². The molecule has 0 fully saturated rings. The van der Waals surface area contributed by atoms with Gasteiger partial charge in [0.05, 0.1) is 14.2 Å². The van der Waals surface area contributed by atoms with Gasteiger partial charge in [0, 0.05) is 10.1 Å². The summed E-state index contributed by atoms with van der Waals surface area (Å²) >= 11 is 0.725. The molecule has 1 aromatic heterocycles. The van der Waals surface area contributed by atoms with Crippen LogP contribution < -0.4 is 14.2 Å². The van der Waals surface area contributed by atoms with Crippen molar-refractivity contribution >= 4 is 47.2 Å². The molecular formula is C20H18O7S3. The molecule has 3 rings (SSSR count). The number of sulfone groups is 2.